The fraction of sp³-hybridized carbons (Fsp3) is 0.538. The molecule has 1 aromatic rings. The third-order valence-corrected chi connectivity index (χ3v) is 4.28. The van der Waals surface area contributed by atoms with Gasteiger partial charge in [-0.3, -0.25) is 0 Å². The summed E-state index contributed by atoms with van der Waals surface area (Å²) in [6.07, 6.45) is 1.22. The Hall–Kier alpha value is -0.870. The van der Waals surface area contributed by atoms with Crippen molar-refractivity contribution >= 4 is 11.8 Å². The van der Waals surface area contributed by atoms with Crippen LogP contribution in [0.1, 0.15) is 17.9 Å². The number of nitrogens with one attached hydrogen (secondary N) is 1. The van der Waals surface area contributed by atoms with Crippen LogP contribution in [-0.2, 0) is 0 Å². The van der Waals surface area contributed by atoms with Gasteiger partial charge in [-0.15, -0.1) is 11.8 Å². The summed E-state index contributed by atoms with van der Waals surface area (Å²) in [5.41, 5.74) is 1.38. The number of methoxy groups -OCH3 is 2. The van der Waals surface area contributed by atoms with Crippen LogP contribution in [-0.4, -0.2) is 33.6 Å². The Morgan fingerprint density at radius 1 is 1.35 bits per heavy atom. The molecule has 1 heterocycles. The van der Waals surface area contributed by atoms with Crippen LogP contribution in [0.5, 0.6) is 11.5 Å². The van der Waals surface area contributed by atoms with E-state index in [0.29, 0.717) is 5.92 Å². The lowest BCUT2D eigenvalue weighted by atomic mass is 9.95. The van der Waals surface area contributed by atoms with Gasteiger partial charge in [0.1, 0.15) is 0 Å². The lowest BCUT2D eigenvalue weighted by Crippen LogP contribution is -2.20. The number of benzene rings is 1. The fourth-order valence-electron chi connectivity index (χ4n) is 2.30. The molecule has 1 aliphatic rings. The maximum atomic E-state index is 5.49. The topological polar surface area (TPSA) is 30.5 Å². The minimum atomic E-state index is 0.580. The fourth-order valence-corrected chi connectivity index (χ4v) is 3.62. The van der Waals surface area contributed by atoms with Crippen LogP contribution in [0.4, 0.5) is 0 Å². The highest BCUT2D eigenvalue weighted by molar-refractivity contribution is 7.99. The number of hydrogen-bond donors (Lipinski definition) is 1. The van der Waals surface area contributed by atoms with E-state index in [-0.39, 0.29) is 0 Å². The van der Waals surface area contributed by atoms with E-state index in [1.54, 1.807) is 14.2 Å². The Kier molecular flexibility index (Phi) is 4.18. The summed E-state index contributed by atoms with van der Waals surface area (Å²) in [6.45, 7) is 1.02. The normalized spacial score (nSPS) is 18.6. The predicted molar refractivity (Wildman–Crippen MR) is 71.6 cm³/mol. The van der Waals surface area contributed by atoms with Gasteiger partial charge in [0.25, 0.3) is 0 Å². The van der Waals surface area contributed by atoms with Crippen LogP contribution in [0.25, 0.3) is 0 Å². The summed E-state index contributed by atoms with van der Waals surface area (Å²) in [4.78, 5) is 1.25. The number of ether oxygens (including phenoxy) is 2. The molecule has 0 amide bonds. The molecule has 0 fully saturated rings. The quantitative estimate of drug-likeness (QED) is 0.893. The minimum absolute atomic E-state index is 0.580. The minimum Gasteiger partial charge on any atom is -0.493 e. The third-order valence-electron chi connectivity index (χ3n) is 3.13. The molecular formula is C13H19NO2S. The van der Waals surface area contributed by atoms with Gasteiger partial charge in [0, 0.05) is 6.54 Å². The summed E-state index contributed by atoms with van der Waals surface area (Å²) in [6, 6.07) is 4.18. The highest BCUT2D eigenvalue weighted by Crippen LogP contribution is 2.46. The lowest BCUT2D eigenvalue weighted by Gasteiger charge is -2.27. The molecule has 94 valence electrons. The molecule has 1 unspecified atom stereocenters. The summed E-state index contributed by atoms with van der Waals surface area (Å²) < 4.78 is 10.8. The summed E-state index contributed by atoms with van der Waals surface area (Å²) in [5, 5.41) is 3.26. The zero-order valence-corrected chi connectivity index (χ0v) is 11.4. The monoisotopic (exact) mass is 253 g/mol. The molecule has 0 saturated carbocycles. The van der Waals surface area contributed by atoms with Crippen LogP contribution >= 0.6 is 11.8 Å². The average Bonchev–Trinajstić information content (AvgIpc) is 2.38. The van der Waals surface area contributed by atoms with Gasteiger partial charge in [-0.05, 0) is 36.8 Å². The number of hydrogen-bond acceptors (Lipinski definition) is 4. The molecule has 3 nitrogen and oxygen atoms in total. The second-order valence-corrected chi connectivity index (χ2v) is 5.22. The van der Waals surface area contributed by atoms with Crippen molar-refractivity contribution in [3.8, 4) is 11.5 Å². The van der Waals surface area contributed by atoms with E-state index in [1.165, 1.54) is 16.9 Å². The second kappa shape index (κ2) is 5.65. The van der Waals surface area contributed by atoms with Crippen LogP contribution < -0.4 is 14.8 Å². The zero-order valence-electron chi connectivity index (χ0n) is 10.6. The summed E-state index contributed by atoms with van der Waals surface area (Å²) in [5.74, 6) is 3.43. The molecule has 2 rings (SSSR count). The van der Waals surface area contributed by atoms with E-state index in [0.717, 1.165) is 23.8 Å². The highest BCUT2D eigenvalue weighted by Gasteiger charge is 2.25. The largest absolute Gasteiger partial charge is 0.493 e. The van der Waals surface area contributed by atoms with Crippen molar-refractivity contribution in [2.45, 2.75) is 17.2 Å². The smallest absolute Gasteiger partial charge is 0.174 e. The Bertz CT molecular complexity index is 395. The Balaban J connectivity index is 2.43. The molecule has 1 aromatic carbocycles. The van der Waals surface area contributed by atoms with Crippen molar-refractivity contribution in [1.29, 1.82) is 0 Å². The molecule has 1 N–H and O–H groups in total. The van der Waals surface area contributed by atoms with Crippen molar-refractivity contribution < 1.29 is 9.47 Å². The molecule has 0 radical (unpaired) electrons. The van der Waals surface area contributed by atoms with Crippen LogP contribution in [0.2, 0.25) is 0 Å². The van der Waals surface area contributed by atoms with Crippen molar-refractivity contribution in [3.05, 3.63) is 17.7 Å². The molecule has 0 saturated heterocycles. The highest BCUT2D eigenvalue weighted by atomic mass is 32.2. The number of thioether (sulfide) groups is 1. The molecule has 0 aromatic heterocycles. The molecule has 4 heteroatoms. The van der Waals surface area contributed by atoms with Crippen molar-refractivity contribution in [2.75, 3.05) is 33.6 Å². The first-order chi connectivity index (χ1) is 8.31. The Labute approximate surface area is 107 Å². The third kappa shape index (κ3) is 2.38. The van der Waals surface area contributed by atoms with Crippen molar-refractivity contribution in [1.82, 2.24) is 5.32 Å². The first-order valence-electron chi connectivity index (χ1n) is 5.84. The van der Waals surface area contributed by atoms with Crippen molar-refractivity contribution in [2.24, 2.45) is 0 Å². The number of rotatable bonds is 4. The summed E-state index contributed by atoms with van der Waals surface area (Å²) in [7, 11) is 5.39. The first-order valence-corrected chi connectivity index (χ1v) is 6.82. The van der Waals surface area contributed by atoms with E-state index in [2.05, 4.69) is 11.4 Å². The van der Waals surface area contributed by atoms with E-state index in [1.807, 2.05) is 24.9 Å². The molecule has 1 aliphatic heterocycles. The van der Waals surface area contributed by atoms with Crippen LogP contribution in [0.15, 0.2) is 17.0 Å². The Morgan fingerprint density at radius 3 is 2.82 bits per heavy atom. The molecule has 0 bridgehead atoms. The Morgan fingerprint density at radius 2 is 2.18 bits per heavy atom. The number of fused-ring (bicyclic) bond motifs is 1. The van der Waals surface area contributed by atoms with Gasteiger partial charge in [0.15, 0.2) is 11.5 Å². The molecule has 1 atom stereocenters. The molecule has 17 heavy (non-hydrogen) atoms. The van der Waals surface area contributed by atoms with E-state index in [4.69, 9.17) is 9.47 Å². The maximum Gasteiger partial charge on any atom is 0.174 e. The molecule has 0 spiro atoms. The van der Waals surface area contributed by atoms with E-state index < -0.39 is 0 Å². The van der Waals surface area contributed by atoms with Crippen LogP contribution in [0.3, 0.4) is 0 Å². The predicted octanol–water partition coefficient (Wildman–Crippen LogP) is 2.50. The number of likely N-dealkylation sites (N-methyl/N-ethyl adjacent to an activating group) is 1. The summed E-state index contributed by atoms with van der Waals surface area (Å²) >= 11 is 1.87. The SMILES string of the molecule is CNCC1CCSc2c1ccc(OC)c2OC. The van der Waals surface area contributed by atoms with E-state index in [9.17, 15) is 0 Å². The first kappa shape index (κ1) is 12.6. The van der Waals surface area contributed by atoms with Gasteiger partial charge in [0.05, 0.1) is 19.1 Å². The maximum absolute atomic E-state index is 5.49. The average molecular weight is 253 g/mol. The molecule has 0 aliphatic carbocycles. The zero-order chi connectivity index (χ0) is 12.3. The van der Waals surface area contributed by atoms with Gasteiger partial charge in [-0.1, -0.05) is 6.07 Å². The van der Waals surface area contributed by atoms with E-state index >= 15 is 0 Å². The van der Waals surface area contributed by atoms with Gasteiger partial charge in [0.2, 0.25) is 0 Å². The lowest BCUT2D eigenvalue weighted by molar-refractivity contribution is 0.346. The van der Waals surface area contributed by atoms with Gasteiger partial charge < -0.3 is 14.8 Å². The molecular weight excluding hydrogens is 234 g/mol. The van der Waals surface area contributed by atoms with Crippen molar-refractivity contribution in [3.63, 3.8) is 0 Å². The second-order valence-electron chi connectivity index (χ2n) is 4.11. The van der Waals surface area contributed by atoms with Crippen LogP contribution in [0, 0.1) is 0 Å². The standard InChI is InChI=1S/C13H19NO2S/c1-14-8-9-6-7-17-13-10(9)4-5-11(15-2)12(13)16-3/h4-5,9,14H,6-8H2,1-3H3. The van der Waals surface area contributed by atoms with Gasteiger partial charge >= 0.3 is 0 Å². The van der Waals surface area contributed by atoms with Gasteiger partial charge in [-0.2, -0.15) is 0 Å². The van der Waals surface area contributed by atoms with Gasteiger partial charge in [-0.25, -0.2) is 0 Å².